The Morgan fingerprint density at radius 1 is 1.09 bits per heavy atom. The predicted molar refractivity (Wildman–Crippen MR) is 125 cm³/mol. The number of rotatable bonds is 7. The minimum atomic E-state index is -1.71. The molecule has 5 rings (SSSR count). The Labute approximate surface area is 200 Å². The number of nitrogens with one attached hydrogen (secondary N) is 1. The molecular weight excluding hydrogens is 450 g/mol. The average Bonchev–Trinajstić information content (AvgIpc) is 3.47. The first-order valence-electron chi connectivity index (χ1n) is 10.9. The second-order valence-electron chi connectivity index (χ2n) is 8.19. The van der Waals surface area contributed by atoms with Crippen LogP contribution >= 0.6 is 0 Å². The molecule has 178 valence electrons. The van der Waals surface area contributed by atoms with Crippen LogP contribution in [0, 0.1) is 0 Å². The highest BCUT2D eigenvalue weighted by atomic mass is 16.5. The summed E-state index contributed by atoms with van der Waals surface area (Å²) in [4.78, 5) is 31.6. The predicted octanol–water partition coefficient (Wildman–Crippen LogP) is 2.53. The molecule has 0 bridgehead atoms. The van der Waals surface area contributed by atoms with Crippen molar-refractivity contribution in [2.45, 2.75) is 18.6 Å². The number of nitrogens with zero attached hydrogens (tertiary/aromatic N) is 6. The minimum Gasteiger partial charge on any atom is -0.380 e. The largest absolute Gasteiger partial charge is 0.380 e. The van der Waals surface area contributed by atoms with Crippen LogP contribution in [0.1, 0.15) is 17.7 Å². The lowest BCUT2D eigenvalue weighted by molar-refractivity contribution is -0.144. The molecule has 1 saturated heterocycles. The van der Waals surface area contributed by atoms with Gasteiger partial charge in [0, 0.05) is 45.6 Å². The quantitative estimate of drug-likeness (QED) is 0.411. The first kappa shape index (κ1) is 22.6. The first-order valence-corrected chi connectivity index (χ1v) is 10.9. The molecule has 4 aromatic heterocycles. The van der Waals surface area contributed by atoms with E-state index in [9.17, 15) is 9.90 Å². The number of likely N-dealkylation sites (tertiary alicyclic amines) is 1. The Kier molecular flexibility index (Phi) is 5.93. The van der Waals surface area contributed by atoms with E-state index in [1.165, 1.54) is 4.90 Å². The lowest BCUT2D eigenvalue weighted by atomic mass is 9.98. The zero-order valence-corrected chi connectivity index (χ0v) is 19.2. The lowest BCUT2D eigenvalue weighted by Crippen LogP contribution is -2.35. The van der Waals surface area contributed by atoms with Crippen LogP contribution in [0.5, 0.6) is 0 Å². The number of hydrogen-bond donors (Lipinski definition) is 2. The van der Waals surface area contributed by atoms with Crippen LogP contribution in [-0.2, 0) is 21.7 Å². The number of aromatic nitrogens is 5. The topological polar surface area (TPSA) is 139 Å². The monoisotopic (exact) mass is 473 g/mol. The Balaban J connectivity index is 1.39. The Morgan fingerprint density at radius 3 is 2.63 bits per heavy atom. The van der Waals surface area contributed by atoms with Gasteiger partial charge < -0.3 is 24.6 Å². The highest BCUT2D eigenvalue weighted by Crippen LogP contribution is 2.34. The van der Waals surface area contributed by atoms with E-state index in [1.807, 2.05) is 24.3 Å². The summed E-state index contributed by atoms with van der Waals surface area (Å²) in [6.07, 6.45) is 3.56. The molecule has 0 aromatic carbocycles. The number of ether oxygens (including phenoxy) is 1. The van der Waals surface area contributed by atoms with Gasteiger partial charge in [0.25, 0.3) is 5.91 Å². The molecule has 0 radical (unpaired) electrons. The van der Waals surface area contributed by atoms with Gasteiger partial charge in [-0.15, -0.1) is 0 Å². The van der Waals surface area contributed by atoms with Gasteiger partial charge >= 0.3 is 0 Å². The number of amides is 1. The molecule has 0 spiro atoms. The number of carbonyl (C=O) groups is 1. The fourth-order valence-corrected chi connectivity index (χ4v) is 3.87. The van der Waals surface area contributed by atoms with Crippen molar-refractivity contribution < 1.29 is 19.2 Å². The van der Waals surface area contributed by atoms with Gasteiger partial charge in [-0.1, -0.05) is 11.2 Å². The number of hydrogen-bond acceptors (Lipinski definition) is 10. The standard InChI is InChI=1S/C24H23N7O4/c1-31-11-8-24(33,22(31)32)20-13-19(30-35-20)17-5-3-4-16(27-17)18-7-10-26-23(28-18)29-21-12-15(14-34-2)6-9-25-21/h3-7,9-10,12-13,33H,8,11,14H2,1-2H3,(H,25,26,28,29). The molecule has 0 aliphatic carbocycles. The van der Waals surface area contributed by atoms with Crippen LogP contribution in [0.2, 0.25) is 0 Å². The average molecular weight is 473 g/mol. The van der Waals surface area contributed by atoms with Gasteiger partial charge in [-0.05, 0) is 35.9 Å². The molecule has 1 unspecified atom stereocenters. The molecule has 2 N–H and O–H groups in total. The number of methoxy groups -OCH3 is 1. The molecule has 4 aromatic rings. The van der Waals surface area contributed by atoms with Gasteiger partial charge in [0.05, 0.1) is 23.7 Å². The van der Waals surface area contributed by atoms with Crippen molar-refractivity contribution in [3.8, 4) is 22.8 Å². The molecule has 1 amide bonds. The van der Waals surface area contributed by atoms with Crippen molar-refractivity contribution in [2.24, 2.45) is 0 Å². The maximum atomic E-state index is 12.4. The Hall–Kier alpha value is -4.22. The van der Waals surface area contributed by atoms with Crippen molar-refractivity contribution in [1.29, 1.82) is 0 Å². The molecule has 11 nitrogen and oxygen atoms in total. The zero-order valence-electron chi connectivity index (χ0n) is 19.2. The van der Waals surface area contributed by atoms with E-state index in [4.69, 9.17) is 9.26 Å². The van der Waals surface area contributed by atoms with Crippen LogP contribution < -0.4 is 5.32 Å². The van der Waals surface area contributed by atoms with Crippen molar-refractivity contribution >= 4 is 17.7 Å². The number of likely N-dealkylation sites (N-methyl/N-ethyl adjacent to an activating group) is 1. The van der Waals surface area contributed by atoms with Crippen molar-refractivity contribution in [3.05, 3.63) is 66.2 Å². The highest BCUT2D eigenvalue weighted by molar-refractivity contribution is 5.87. The number of carbonyl (C=O) groups excluding carboxylic acids is 1. The van der Waals surface area contributed by atoms with Gasteiger partial charge in [-0.2, -0.15) is 0 Å². The molecule has 5 heterocycles. The van der Waals surface area contributed by atoms with Crippen molar-refractivity contribution in [3.63, 3.8) is 0 Å². The molecule has 1 atom stereocenters. The number of pyridine rings is 2. The van der Waals surface area contributed by atoms with Crippen molar-refractivity contribution in [1.82, 2.24) is 30.0 Å². The molecule has 0 saturated carbocycles. The fraction of sp³-hybridized carbons (Fsp3) is 0.250. The van der Waals surface area contributed by atoms with Crippen LogP contribution in [0.25, 0.3) is 22.8 Å². The Bertz CT molecular complexity index is 1380. The third kappa shape index (κ3) is 4.46. The highest BCUT2D eigenvalue weighted by Gasteiger charge is 2.48. The van der Waals surface area contributed by atoms with Gasteiger partial charge in [-0.25, -0.2) is 19.9 Å². The van der Waals surface area contributed by atoms with E-state index in [-0.39, 0.29) is 12.2 Å². The van der Waals surface area contributed by atoms with Crippen LogP contribution in [0.4, 0.5) is 11.8 Å². The Morgan fingerprint density at radius 2 is 1.86 bits per heavy atom. The summed E-state index contributed by atoms with van der Waals surface area (Å²) < 4.78 is 10.5. The summed E-state index contributed by atoms with van der Waals surface area (Å²) >= 11 is 0. The van der Waals surface area contributed by atoms with Gasteiger partial charge in [0.15, 0.2) is 5.76 Å². The normalized spacial score (nSPS) is 17.7. The number of anilines is 2. The van der Waals surface area contributed by atoms with E-state index in [0.717, 1.165) is 5.56 Å². The second kappa shape index (κ2) is 9.20. The third-order valence-electron chi connectivity index (χ3n) is 5.73. The lowest BCUT2D eigenvalue weighted by Gasteiger charge is -2.16. The summed E-state index contributed by atoms with van der Waals surface area (Å²) in [7, 11) is 3.27. The van der Waals surface area contributed by atoms with Gasteiger partial charge in [0.2, 0.25) is 11.5 Å². The molecule has 1 fully saturated rings. The van der Waals surface area contributed by atoms with Gasteiger partial charge in [-0.3, -0.25) is 4.79 Å². The summed E-state index contributed by atoms with van der Waals surface area (Å²) in [5.41, 5.74) is 1.37. The van der Waals surface area contributed by atoms with Crippen LogP contribution in [-0.4, -0.2) is 61.7 Å². The van der Waals surface area contributed by atoms with E-state index in [2.05, 4.69) is 30.4 Å². The summed E-state index contributed by atoms with van der Waals surface area (Å²) in [6.45, 7) is 0.913. The smallest absolute Gasteiger partial charge is 0.262 e. The minimum absolute atomic E-state index is 0.103. The molecule has 35 heavy (non-hydrogen) atoms. The molecule has 11 heteroatoms. The third-order valence-corrected chi connectivity index (χ3v) is 5.73. The summed E-state index contributed by atoms with van der Waals surface area (Å²) in [5.74, 6) is 0.654. The maximum Gasteiger partial charge on any atom is 0.262 e. The summed E-state index contributed by atoms with van der Waals surface area (Å²) in [6, 6.07) is 12.4. The van der Waals surface area contributed by atoms with E-state index < -0.39 is 11.5 Å². The van der Waals surface area contributed by atoms with Crippen LogP contribution in [0.15, 0.2) is 59.4 Å². The van der Waals surface area contributed by atoms with E-state index in [1.54, 1.807) is 44.8 Å². The number of aliphatic hydroxyl groups is 1. The molecule has 1 aliphatic rings. The first-order chi connectivity index (χ1) is 17.0. The van der Waals surface area contributed by atoms with Crippen LogP contribution in [0.3, 0.4) is 0 Å². The van der Waals surface area contributed by atoms with Crippen molar-refractivity contribution in [2.75, 3.05) is 26.0 Å². The summed E-state index contributed by atoms with van der Waals surface area (Å²) in [5, 5.41) is 17.9. The fourth-order valence-electron chi connectivity index (χ4n) is 3.87. The molecule has 1 aliphatic heterocycles. The van der Waals surface area contributed by atoms with E-state index in [0.29, 0.717) is 47.7 Å². The second-order valence-corrected chi connectivity index (χ2v) is 8.19. The maximum absolute atomic E-state index is 12.4. The molecular formula is C24H23N7O4. The SMILES string of the molecule is COCc1ccnc(Nc2nccc(-c3cccc(-c4cc(C5(O)CCN(C)C5=O)on4)n3)n2)c1. The van der Waals surface area contributed by atoms with Gasteiger partial charge in [0.1, 0.15) is 11.5 Å². The zero-order chi connectivity index (χ0) is 24.4. The van der Waals surface area contributed by atoms with E-state index >= 15 is 0 Å².